The zero-order chi connectivity index (χ0) is 14.9. The maximum Gasteiger partial charge on any atom is 0.212 e. The molecule has 2 aromatic rings. The van der Waals surface area contributed by atoms with Crippen LogP contribution in [0.3, 0.4) is 0 Å². The third-order valence-electron chi connectivity index (χ3n) is 3.08. The van der Waals surface area contributed by atoms with Crippen LogP contribution in [0.25, 0.3) is 0 Å². The second-order valence-electron chi connectivity index (χ2n) is 5.15. The molecule has 1 aromatic heterocycles. The molecule has 0 aliphatic heterocycles. The van der Waals surface area contributed by atoms with Crippen LogP contribution in [0.5, 0.6) is 0 Å². The minimum atomic E-state index is -0.107. The summed E-state index contributed by atoms with van der Waals surface area (Å²) in [7, 11) is 3.88. The molecule has 0 spiro atoms. The lowest BCUT2D eigenvalue weighted by Crippen LogP contribution is -2.15. The molecule has 2 rings (SSSR count). The molecule has 20 heavy (non-hydrogen) atoms. The van der Waals surface area contributed by atoms with Crippen molar-refractivity contribution in [3.8, 4) is 0 Å². The summed E-state index contributed by atoms with van der Waals surface area (Å²) in [5.74, 6) is -0.107. The third-order valence-corrected chi connectivity index (χ3v) is 3.36. The van der Waals surface area contributed by atoms with E-state index in [4.69, 9.17) is 11.6 Å². The number of anilines is 1. The Morgan fingerprint density at radius 1 is 1.35 bits per heavy atom. The summed E-state index contributed by atoms with van der Waals surface area (Å²) in [5.41, 5.74) is 2.03. The van der Waals surface area contributed by atoms with E-state index < -0.39 is 0 Å². The van der Waals surface area contributed by atoms with E-state index in [2.05, 4.69) is 5.10 Å². The molecular formula is C15H18ClN3O. The highest BCUT2D eigenvalue weighted by atomic mass is 35.5. The van der Waals surface area contributed by atoms with Gasteiger partial charge < -0.3 is 4.90 Å². The molecule has 106 valence electrons. The minimum Gasteiger partial charge on any atom is -0.378 e. The number of hydrogen-bond acceptors (Lipinski definition) is 3. The van der Waals surface area contributed by atoms with E-state index >= 15 is 0 Å². The van der Waals surface area contributed by atoms with Gasteiger partial charge >= 0.3 is 0 Å². The van der Waals surface area contributed by atoms with Crippen molar-refractivity contribution in [3.05, 3.63) is 46.7 Å². The van der Waals surface area contributed by atoms with E-state index in [0.717, 1.165) is 5.69 Å². The average Bonchev–Trinajstić information content (AvgIpc) is 2.80. The van der Waals surface area contributed by atoms with Crippen molar-refractivity contribution in [1.29, 1.82) is 0 Å². The van der Waals surface area contributed by atoms with E-state index in [1.165, 1.54) is 6.20 Å². The molecule has 0 aliphatic rings. The number of ketones is 1. The van der Waals surface area contributed by atoms with Crippen LogP contribution in [-0.4, -0.2) is 29.7 Å². The molecule has 0 saturated carbocycles. The Hall–Kier alpha value is -1.81. The lowest BCUT2D eigenvalue weighted by atomic mass is 10.1. The average molecular weight is 292 g/mol. The van der Waals surface area contributed by atoms with Crippen LogP contribution in [0.2, 0.25) is 5.02 Å². The first-order valence-electron chi connectivity index (χ1n) is 6.47. The standard InChI is InChI=1S/C15H18ClN3O/c1-10(2)19-14(13(16)9-17-19)15(20)11-6-5-7-12(8-11)18(3)4/h5-10H,1-4H3. The van der Waals surface area contributed by atoms with E-state index in [9.17, 15) is 4.79 Å². The van der Waals surface area contributed by atoms with Gasteiger partial charge in [0.25, 0.3) is 0 Å². The van der Waals surface area contributed by atoms with E-state index in [0.29, 0.717) is 16.3 Å². The highest BCUT2D eigenvalue weighted by Gasteiger charge is 2.20. The molecule has 0 saturated heterocycles. The molecule has 0 atom stereocenters. The fraction of sp³-hybridized carbons (Fsp3) is 0.333. The summed E-state index contributed by atoms with van der Waals surface area (Å²) < 4.78 is 1.66. The number of nitrogens with zero attached hydrogens (tertiary/aromatic N) is 3. The number of benzene rings is 1. The normalized spacial score (nSPS) is 10.9. The smallest absolute Gasteiger partial charge is 0.212 e. The molecular weight excluding hydrogens is 274 g/mol. The van der Waals surface area contributed by atoms with Crippen LogP contribution in [-0.2, 0) is 0 Å². The summed E-state index contributed by atoms with van der Waals surface area (Å²) in [6, 6.07) is 7.56. The first-order valence-corrected chi connectivity index (χ1v) is 6.84. The summed E-state index contributed by atoms with van der Waals surface area (Å²) in [6.45, 7) is 3.94. The highest BCUT2D eigenvalue weighted by molar-refractivity contribution is 6.34. The van der Waals surface area contributed by atoms with Crippen molar-refractivity contribution < 1.29 is 4.79 Å². The van der Waals surface area contributed by atoms with E-state index in [-0.39, 0.29) is 11.8 Å². The molecule has 0 fully saturated rings. The van der Waals surface area contributed by atoms with Gasteiger partial charge in [-0.2, -0.15) is 5.10 Å². The van der Waals surface area contributed by atoms with Gasteiger partial charge in [0, 0.05) is 31.4 Å². The summed E-state index contributed by atoms with van der Waals surface area (Å²) in [4.78, 5) is 14.6. The van der Waals surface area contributed by atoms with Gasteiger partial charge in [0.15, 0.2) is 0 Å². The van der Waals surface area contributed by atoms with Gasteiger partial charge in [0.05, 0.1) is 11.2 Å². The molecule has 0 N–H and O–H groups in total. The number of carbonyl (C=O) groups excluding carboxylic acids is 1. The third kappa shape index (κ3) is 2.70. The van der Waals surface area contributed by atoms with Gasteiger partial charge in [-0.3, -0.25) is 9.48 Å². The Bertz CT molecular complexity index is 632. The molecule has 0 bridgehead atoms. The van der Waals surface area contributed by atoms with Gasteiger partial charge in [0.1, 0.15) is 5.69 Å². The van der Waals surface area contributed by atoms with Crippen LogP contribution in [0.1, 0.15) is 35.9 Å². The number of halogens is 1. The number of aromatic nitrogens is 2. The van der Waals surface area contributed by atoms with Crippen molar-refractivity contribution in [1.82, 2.24) is 9.78 Å². The quantitative estimate of drug-likeness (QED) is 0.810. The Morgan fingerprint density at radius 3 is 2.65 bits per heavy atom. The molecule has 5 heteroatoms. The number of hydrogen-bond donors (Lipinski definition) is 0. The second kappa shape index (κ2) is 5.67. The maximum absolute atomic E-state index is 12.7. The number of carbonyl (C=O) groups is 1. The summed E-state index contributed by atoms with van der Waals surface area (Å²) >= 11 is 6.12. The molecule has 0 amide bonds. The van der Waals surface area contributed by atoms with Gasteiger partial charge in [-0.05, 0) is 26.0 Å². The minimum absolute atomic E-state index is 0.0819. The van der Waals surface area contributed by atoms with E-state index in [1.807, 2.05) is 51.0 Å². The lowest BCUT2D eigenvalue weighted by molar-refractivity contribution is 0.102. The monoisotopic (exact) mass is 291 g/mol. The Morgan fingerprint density at radius 2 is 2.05 bits per heavy atom. The fourth-order valence-electron chi connectivity index (χ4n) is 2.01. The maximum atomic E-state index is 12.7. The van der Waals surface area contributed by atoms with Crippen molar-refractivity contribution in [2.45, 2.75) is 19.9 Å². The van der Waals surface area contributed by atoms with Gasteiger partial charge in [-0.15, -0.1) is 0 Å². The van der Waals surface area contributed by atoms with Crippen LogP contribution >= 0.6 is 11.6 Å². The van der Waals surface area contributed by atoms with Crippen molar-refractivity contribution in [2.24, 2.45) is 0 Å². The van der Waals surface area contributed by atoms with Gasteiger partial charge in [-0.25, -0.2) is 0 Å². The zero-order valence-electron chi connectivity index (χ0n) is 12.1. The van der Waals surface area contributed by atoms with Crippen molar-refractivity contribution >= 4 is 23.1 Å². The first-order chi connectivity index (χ1) is 9.41. The predicted octanol–water partition coefficient (Wildman–Crippen LogP) is 3.41. The van der Waals surface area contributed by atoms with Crippen LogP contribution in [0, 0.1) is 0 Å². The van der Waals surface area contributed by atoms with Gasteiger partial charge in [0.2, 0.25) is 5.78 Å². The second-order valence-corrected chi connectivity index (χ2v) is 5.56. The SMILES string of the molecule is CC(C)n1ncc(Cl)c1C(=O)c1cccc(N(C)C)c1. The zero-order valence-corrected chi connectivity index (χ0v) is 12.8. The molecule has 1 heterocycles. The Kier molecular flexibility index (Phi) is 4.14. The van der Waals surface area contributed by atoms with Crippen molar-refractivity contribution in [3.63, 3.8) is 0 Å². The fourth-order valence-corrected chi connectivity index (χ4v) is 2.22. The Labute approximate surface area is 124 Å². The van der Waals surface area contributed by atoms with E-state index in [1.54, 1.807) is 10.7 Å². The highest BCUT2D eigenvalue weighted by Crippen LogP contribution is 2.23. The molecule has 0 radical (unpaired) electrons. The summed E-state index contributed by atoms with van der Waals surface area (Å²) in [5, 5.41) is 4.56. The topological polar surface area (TPSA) is 38.1 Å². The lowest BCUT2D eigenvalue weighted by Gasteiger charge is -2.14. The van der Waals surface area contributed by atoms with Crippen LogP contribution in [0.4, 0.5) is 5.69 Å². The van der Waals surface area contributed by atoms with Gasteiger partial charge in [-0.1, -0.05) is 23.7 Å². The summed E-state index contributed by atoms with van der Waals surface area (Å²) in [6.07, 6.45) is 1.52. The van der Waals surface area contributed by atoms with Crippen LogP contribution in [0.15, 0.2) is 30.5 Å². The first kappa shape index (κ1) is 14.6. The van der Waals surface area contributed by atoms with Crippen molar-refractivity contribution in [2.75, 3.05) is 19.0 Å². The predicted molar refractivity (Wildman–Crippen MR) is 81.8 cm³/mol. The molecule has 1 aromatic carbocycles. The molecule has 0 aliphatic carbocycles. The molecule has 4 nitrogen and oxygen atoms in total. The van der Waals surface area contributed by atoms with Crippen LogP contribution < -0.4 is 4.90 Å². The number of rotatable bonds is 4. The Balaban J connectivity index is 2.46. The largest absolute Gasteiger partial charge is 0.378 e. The molecule has 0 unspecified atom stereocenters.